The van der Waals surface area contributed by atoms with Gasteiger partial charge in [-0.05, 0) is 37.6 Å². The molecule has 0 aliphatic rings. The lowest BCUT2D eigenvalue weighted by molar-refractivity contribution is 0.0602. The molecule has 0 aliphatic carbocycles. The summed E-state index contributed by atoms with van der Waals surface area (Å²) in [7, 11) is 1.35. The van der Waals surface area contributed by atoms with E-state index in [9.17, 15) is 4.79 Å². The number of methoxy groups -OCH3 is 1. The van der Waals surface area contributed by atoms with Crippen molar-refractivity contribution in [2.45, 2.75) is 13.8 Å². The Morgan fingerprint density at radius 3 is 2.60 bits per heavy atom. The van der Waals surface area contributed by atoms with Gasteiger partial charge in [0.25, 0.3) is 0 Å². The van der Waals surface area contributed by atoms with Gasteiger partial charge in [0.2, 0.25) is 0 Å². The van der Waals surface area contributed by atoms with Crippen LogP contribution in [0.15, 0.2) is 36.4 Å². The highest BCUT2D eigenvalue weighted by molar-refractivity contribution is 6.00. The van der Waals surface area contributed by atoms with E-state index in [2.05, 4.69) is 11.4 Å². The molecular formula is C16H18N2O2. The first-order chi connectivity index (χ1) is 9.52. The minimum absolute atomic E-state index is 0.412. The van der Waals surface area contributed by atoms with E-state index in [-0.39, 0.29) is 0 Å². The number of nitrogen functional groups attached to an aromatic ring is 1. The molecule has 0 aliphatic heterocycles. The molecule has 0 unspecified atom stereocenters. The number of hydrogen-bond donors (Lipinski definition) is 2. The molecule has 20 heavy (non-hydrogen) atoms. The third-order valence-corrected chi connectivity index (χ3v) is 3.14. The van der Waals surface area contributed by atoms with Crippen molar-refractivity contribution in [1.29, 1.82) is 0 Å². The normalized spacial score (nSPS) is 10.2. The summed E-state index contributed by atoms with van der Waals surface area (Å²) < 4.78 is 4.78. The summed E-state index contributed by atoms with van der Waals surface area (Å²) >= 11 is 0. The van der Waals surface area contributed by atoms with Crippen molar-refractivity contribution in [2.75, 3.05) is 18.2 Å². The zero-order valence-electron chi connectivity index (χ0n) is 11.9. The van der Waals surface area contributed by atoms with Crippen LogP contribution in [-0.2, 0) is 4.74 Å². The highest BCUT2D eigenvalue weighted by Gasteiger charge is 2.14. The van der Waals surface area contributed by atoms with Crippen LogP contribution in [0.3, 0.4) is 0 Å². The van der Waals surface area contributed by atoms with Gasteiger partial charge in [-0.25, -0.2) is 4.79 Å². The SMILES string of the molecule is COC(=O)c1cccc(N)c1Nc1ccc(C)cc1C. The van der Waals surface area contributed by atoms with Crippen LogP contribution in [0.1, 0.15) is 21.5 Å². The molecule has 0 heterocycles. The summed E-state index contributed by atoms with van der Waals surface area (Å²) in [6, 6.07) is 11.2. The number of aryl methyl sites for hydroxylation is 2. The Labute approximate surface area is 118 Å². The van der Waals surface area contributed by atoms with Crippen LogP contribution >= 0.6 is 0 Å². The lowest BCUT2D eigenvalue weighted by Gasteiger charge is -2.15. The monoisotopic (exact) mass is 270 g/mol. The molecule has 4 heteroatoms. The van der Waals surface area contributed by atoms with Crippen LogP contribution in [0.2, 0.25) is 0 Å². The van der Waals surface area contributed by atoms with Gasteiger partial charge in [-0.3, -0.25) is 0 Å². The number of nitrogens with two attached hydrogens (primary N) is 1. The number of rotatable bonds is 3. The average Bonchev–Trinajstić information content (AvgIpc) is 2.42. The fraction of sp³-hybridized carbons (Fsp3) is 0.188. The van der Waals surface area contributed by atoms with Crippen molar-refractivity contribution in [2.24, 2.45) is 0 Å². The standard InChI is InChI=1S/C16H18N2O2/c1-10-7-8-14(11(2)9-10)18-15-12(16(19)20-3)5-4-6-13(15)17/h4-9,18H,17H2,1-3H3. The maximum atomic E-state index is 11.8. The molecule has 0 saturated carbocycles. The number of para-hydroxylation sites is 1. The molecule has 2 aromatic rings. The zero-order valence-corrected chi connectivity index (χ0v) is 11.9. The largest absolute Gasteiger partial charge is 0.465 e. The molecule has 0 radical (unpaired) electrons. The Kier molecular flexibility index (Phi) is 3.94. The Balaban J connectivity index is 2.45. The molecule has 0 amide bonds. The summed E-state index contributed by atoms with van der Waals surface area (Å²) in [6.45, 7) is 4.04. The quantitative estimate of drug-likeness (QED) is 0.662. The van der Waals surface area contributed by atoms with Gasteiger partial charge in [-0.15, -0.1) is 0 Å². The molecule has 0 aromatic heterocycles. The van der Waals surface area contributed by atoms with E-state index >= 15 is 0 Å². The molecule has 104 valence electrons. The summed E-state index contributed by atoms with van der Waals surface area (Å²) in [6.07, 6.45) is 0. The van der Waals surface area contributed by atoms with Gasteiger partial charge in [0, 0.05) is 5.69 Å². The summed E-state index contributed by atoms with van der Waals surface area (Å²) in [5.41, 5.74) is 10.7. The molecule has 0 spiro atoms. The average molecular weight is 270 g/mol. The maximum Gasteiger partial charge on any atom is 0.340 e. The third kappa shape index (κ3) is 2.74. The minimum Gasteiger partial charge on any atom is -0.465 e. The van der Waals surface area contributed by atoms with Crippen LogP contribution in [0.5, 0.6) is 0 Å². The van der Waals surface area contributed by atoms with Crippen molar-refractivity contribution >= 4 is 23.0 Å². The molecule has 4 nitrogen and oxygen atoms in total. The Morgan fingerprint density at radius 2 is 1.95 bits per heavy atom. The topological polar surface area (TPSA) is 64.3 Å². The van der Waals surface area contributed by atoms with E-state index in [0.29, 0.717) is 16.9 Å². The second kappa shape index (κ2) is 5.65. The zero-order chi connectivity index (χ0) is 14.7. The van der Waals surface area contributed by atoms with Gasteiger partial charge >= 0.3 is 5.97 Å². The summed E-state index contributed by atoms with van der Waals surface area (Å²) in [5.74, 6) is -0.412. The van der Waals surface area contributed by atoms with E-state index in [0.717, 1.165) is 11.3 Å². The number of ether oxygens (including phenoxy) is 1. The molecule has 2 aromatic carbocycles. The van der Waals surface area contributed by atoms with E-state index in [1.54, 1.807) is 18.2 Å². The first-order valence-electron chi connectivity index (χ1n) is 6.34. The van der Waals surface area contributed by atoms with Crippen molar-refractivity contribution < 1.29 is 9.53 Å². The number of anilines is 3. The van der Waals surface area contributed by atoms with Crippen LogP contribution in [-0.4, -0.2) is 13.1 Å². The number of hydrogen-bond acceptors (Lipinski definition) is 4. The molecule has 0 bridgehead atoms. The minimum atomic E-state index is -0.412. The Bertz CT molecular complexity index is 651. The van der Waals surface area contributed by atoms with Crippen molar-refractivity contribution in [3.05, 3.63) is 53.1 Å². The second-order valence-electron chi connectivity index (χ2n) is 4.70. The molecule has 3 N–H and O–H groups in total. The van der Waals surface area contributed by atoms with Gasteiger partial charge in [0.15, 0.2) is 0 Å². The fourth-order valence-corrected chi connectivity index (χ4v) is 2.08. The van der Waals surface area contributed by atoms with E-state index in [4.69, 9.17) is 10.5 Å². The number of nitrogens with one attached hydrogen (secondary N) is 1. The molecule has 0 atom stereocenters. The van der Waals surface area contributed by atoms with E-state index in [1.807, 2.05) is 26.0 Å². The number of esters is 1. The number of carbonyl (C=O) groups excluding carboxylic acids is 1. The van der Waals surface area contributed by atoms with E-state index in [1.165, 1.54) is 12.7 Å². The lowest BCUT2D eigenvalue weighted by Crippen LogP contribution is -2.08. The van der Waals surface area contributed by atoms with Crippen LogP contribution in [0, 0.1) is 13.8 Å². The van der Waals surface area contributed by atoms with Gasteiger partial charge in [-0.2, -0.15) is 0 Å². The Morgan fingerprint density at radius 1 is 1.20 bits per heavy atom. The van der Waals surface area contributed by atoms with Crippen LogP contribution < -0.4 is 11.1 Å². The molecule has 2 rings (SSSR count). The van der Waals surface area contributed by atoms with Gasteiger partial charge in [0.1, 0.15) is 0 Å². The van der Waals surface area contributed by atoms with Gasteiger partial charge in [0.05, 0.1) is 24.0 Å². The van der Waals surface area contributed by atoms with Crippen molar-refractivity contribution in [3.63, 3.8) is 0 Å². The Hall–Kier alpha value is -2.49. The maximum absolute atomic E-state index is 11.8. The lowest BCUT2D eigenvalue weighted by atomic mass is 10.1. The molecule has 0 fully saturated rings. The molecule has 0 saturated heterocycles. The van der Waals surface area contributed by atoms with E-state index < -0.39 is 5.97 Å². The summed E-state index contributed by atoms with van der Waals surface area (Å²) in [4.78, 5) is 11.8. The predicted molar refractivity (Wildman–Crippen MR) is 81.4 cm³/mol. The van der Waals surface area contributed by atoms with Crippen molar-refractivity contribution in [1.82, 2.24) is 0 Å². The summed E-state index contributed by atoms with van der Waals surface area (Å²) in [5, 5.41) is 3.23. The first-order valence-corrected chi connectivity index (χ1v) is 6.34. The number of carbonyl (C=O) groups is 1. The number of benzene rings is 2. The van der Waals surface area contributed by atoms with Crippen LogP contribution in [0.25, 0.3) is 0 Å². The van der Waals surface area contributed by atoms with Gasteiger partial charge in [-0.1, -0.05) is 23.8 Å². The highest BCUT2D eigenvalue weighted by Crippen LogP contribution is 2.29. The first kappa shape index (κ1) is 13.9. The fourth-order valence-electron chi connectivity index (χ4n) is 2.08. The second-order valence-corrected chi connectivity index (χ2v) is 4.70. The smallest absolute Gasteiger partial charge is 0.340 e. The van der Waals surface area contributed by atoms with Crippen LogP contribution in [0.4, 0.5) is 17.1 Å². The van der Waals surface area contributed by atoms with Crippen molar-refractivity contribution in [3.8, 4) is 0 Å². The molecular weight excluding hydrogens is 252 g/mol. The van der Waals surface area contributed by atoms with Gasteiger partial charge < -0.3 is 15.8 Å². The highest BCUT2D eigenvalue weighted by atomic mass is 16.5. The third-order valence-electron chi connectivity index (χ3n) is 3.14. The predicted octanol–water partition coefficient (Wildman–Crippen LogP) is 3.42.